The van der Waals surface area contributed by atoms with Crippen molar-refractivity contribution >= 4 is 37.4 Å². The molecule has 0 bridgehead atoms. The molecule has 3 radical (unpaired) electrons. The van der Waals surface area contributed by atoms with Gasteiger partial charge in [-0.2, -0.15) is 0 Å². The van der Waals surface area contributed by atoms with Crippen LogP contribution in [-0.4, -0.2) is 14.9 Å². The molecule has 6 N–H and O–H groups in total. The SMILES string of the molecule is [B][B]c1c(N)cc(N)cc1N. The third-order valence-electron chi connectivity index (χ3n) is 1.43. The summed E-state index contributed by atoms with van der Waals surface area (Å²) in [4.78, 5) is 0. The number of nitrogen functional groups attached to an aromatic ring is 3. The molecule has 11 heavy (non-hydrogen) atoms. The normalized spacial score (nSPS) is 9.45. The number of hydrogen-bond acceptors (Lipinski definition) is 3. The number of anilines is 3. The maximum absolute atomic E-state index is 5.56. The third-order valence-corrected chi connectivity index (χ3v) is 1.43. The summed E-state index contributed by atoms with van der Waals surface area (Å²) in [5.74, 6) is 0. The minimum Gasteiger partial charge on any atom is -0.399 e. The van der Waals surface area contributed by atoms with Gasteiger partial charge in [0.2, 0.25) is 0 Å². The quantitative estimate of drug-likeness (QED) is 0.343. The smallest absolute Gasteiger partial charge is 0.101 e. The summed E-state index contributed by atoms with van der Waals surface area (Å²) in [6, 6.07) is 3.24. The van der Waals surface area contributed by atoms with Crippen LogP contribution in [0.25, 0.3) is 0 Å². The first-order valence-corrected chi connectivity index (χ1v) is 3.14. The van der Waals surface area contributed by atoms with Gasteiger partial charge >= 0.3 is 0 Å². The van der Waals surface area contributed by atoms with E-state index in [0.717, 1.165) is 0 Å². The van der Waals surface area contributed by atoms with Crippen molar-refractivity contribution in [2.45, 2.75) is 0 Å². The van der Waals surface area contributed by atoms with Crippen molar-refractivity contribution in [2.24, 2.45) is 0 Å². The zero-order valence-electron chi connectivity index (χ0n) is 6.04. The second kappa shape index (κ2) is 2.78. The predicted octanol–water partition coefficient (Wildman–Crippen LogP) is -1.15. The van der Waals surface area contributed by atoms with Crippen LogP contribution in [0, 0.1) is 0 Å². The van der Waals surface area contributed by atoms with Gasteiger partial charge in [-0.15, -0.1) is 0 Å². The van der Waals surface area contributed by atoms with Crippen molar-refractivity contribution in [2.75, 3.05) is 17.2 Å². The Kier molecular flexibility index (Phi) is 1.98. The van der Waals surface area contributed by atoms with Crippen LogP contribution >= 0.6 is 0 Å². The highest BCUT2D eigenvalue weighted by Crippen LogP contribution is 2.11. The highest BCUT2D eigenvalue weighted by molar-refractivity contribution is 6.99. The van der Waals surface area contributed by atoms with Crippen molar-refractivity contribution in [1.82, 2.24) is 0 Å². The van der Waals surface area contributed by atoms with Crippen molar-refractivity contribution in [3.8, 4) is 0 Å². The molecule has 1 aromatic rings. The highest BCUT2D eigenvalue weighted by atomic mass is 14.6. The Hall–Kier alpha value is -1.25. The van der Waals surface area contributed by atoms with Crippen LogP contribution in [0.2, 0.25) is 0 Å². The van der Waals surface area contributed by atoms with Gasteiger partial charge < -0.3 is 17.2 Å². The summed E-state index contributed by atoms with van der Waals surface area (Å²) < 4.78 is 0. The third kappa shape index (κ3) is 1.42. The second-order valence-electron chi connectivity index (χ2n) is 2.28. The van der Waals surface area contributed by atoms with E-state index in [2.05, 4.69) is 0 Å². The molecular weight excluding hydrogens is 136 g/mol. The summed E-state index contributed by atoms with van der Waals surface area (Å²) in [7, 11) is 6.64. The molecule has 5 heteroatoms. The van der Waals surface area contributed by atoms with E-state index in [4.69, 9.17) is 24.9 Å². The molecule has 1 rings (SSSR count). The summed E-state index contributed by atoms with van der Waals surface area (Å²) >= 11 is 0. The molecule has 0 saturated heterocycles. The van der Waals surface area contributed by atoms with Gasteiger partial charge in [-0.25, -0.2) is 0 Å². The Balaban J connectivity index is 3.25. The first-order chi connectivity index (χ1) is 5.15. The Labute approximate surface area is 67.6 Å². The maximum atomic E-state index is 5.56. The topological polar surface area (TPSA) is 78.1 Å². The number of nitrogens with two attached hydrogens (primary N) is 3. The van der Waals surface area contributed by atoms with E-state index in [9.17, 15) is 0 Å². The lowest BCUT2D eigenvalue weighted by atomic mass is 9.50. The summed E-state index contributed by atoms with van der Waals surface area (Å²) in [5, 5.41) is 0. The maximum Gasteiger partial charge on any atom is 0.101 e. The van der Waals surface area contributed by atoms with E-state index in [-0.39, 0.29) is 0 Å². The molecule has 3 nitrogen and oxygen atoms in total. The Morgan fingerprint density at radius 1 is 1.09 bits per heavy atom. The number of rotatable bonds is 1. The molecule has 0 fully saturated rings. The van der Waals surface area contributed by atoms with E-state index in [1.165, 1.54) is 7.17 Å². The molecule has 0 aromatic heterocycles. The fourth-order valence-corrected chi connectivity index (χ4v) is 0.915. The lowest BCUT2D eigenvalue weighted by Crippen LogP contribution is -2.23. The van der Waals surface area contributed by atoms with E-state index in [0.29, 0.717) is 22.5 Å². The standard InChI is InChI=1S/C6H8B2N3/c7-8-6-4(10)1-3(9)2-5(6)11/h1-2H,9-11H2. The van der Waals surface area contributed by atoms with Crippen LogP contribution in [-0.2, 0) is 0 Å². The average Bonchev–Trinajstić information content (AvgIpc) is 1.85. The van der Waals surface area contributed by atoms with Gasteiger partial charge in [0, 0.05) is 24.8 Å². The van der Waals surface area contributed by atoms with Gasteiger partial charge in [0.25, 0.3) is 0 Å². The number of hydrogen-bond donors (Lipinski definition) is 3. The molecule has 0 saturated carbocycles. The average molecular weight is 144 g/mol. The van der Waals surface area contributed by atoms with Crippen molar-refractivity contribution < 1.29 is 0 Å². The zero-order valence-corrected chi connectivity index (χ0v) is 6.04. The molecule has 0 aliphatic carbocycles. The Morgan fingerprint density at radius 3 is 1.91 bits per heavy atom. The van der Waals surface area contributed by atoms with Gasteiger partial charge in [0.1, 0.15) is 7.17 Å². The molecular formula is C6H8B2N3. The molecule has 0 unspecified atom stereocenters. The minimum atomic E-state index is 0.505. The summed E-state index contributed by atoms with van der Waals surface area (Å²) in [5.41, 5.74) is 18.8. The van der Waals surface area contributed by atoms with Crippen LogP contribution in [0.4, 0.5) is 17.1 Å². The molecule has 0 spiro atoms. The van der Waals surface area contributed by atoms with E-state index in [1.807, 2.05) is 0 Å². The second-order valence-corrected chi connectivity index (χ2v) is 2.28. The Morgan fingerprint density at radius 2 is 1.55 bits per heavy atom. The molecule has 53 valence electrons. The molecule has 1 aromatic carbocycles. The zero-order chi connectivity index (χ0) is 8.43. The lowest BCUT2D eigenvalue weighted by molar-refractivity contribution is 1.69. The monoisotopic (exact) mass is 144 g/mol. The highest BCUT2D eigenvalue weighted by Gasteiger charge is 2.01. The van der Waals surface area contributed by atoms with Gasteiger partial charge in [-0.1, -0.05) is 5.46 Å². The van der Waals surface area contributed by atoms with Crippen LogP contribution in [0.3, 0.4) is 0 Å². The van der Waals surface area contributed by atoms with E-state index < -0.39 is 0 Å². The molecule has 0 aliphatic heterocycles. The van der Waals surface area contributed by atoms with Crippen molar-refractivity contribution in [3.05, 3.63) is 12.1 Å². The van der Waals surface area contributed by atoms with Gasteiger partial charge in [0.05, 0.1) is 0 Å². The van der Waals surface area contributed by atoms with Gasteiger partial charge in [-0.05, 0) is 12.1 Å². The molecule has 0 atom stereocenters. The molecule has 0 aliphatic rings. The molecule has 0 amide bonds. The van der Waals surface area contributed by atoms with Crippen LogP contribution in [0.1, 0.15) is 0 Å². The van der Waals surface area contributed by atoms with Crippen LogP contribution in [0.5, 0.6) is 0 Å². The predicted molar refractivity (Wildman–Crippen MR) is 50.8 cm³/mol. The summed E-state index contributed by atoms with van der Waals surface area (Å²) in [6.45, 7) is 0. The first-order valence-electron chi connectivity index (χ1n) is 3.14. The fourth-order valence-electron chi connectivity index (χ4n) is 0.915. The lowest BCUT2D eigenvalue weighted by Gasteiger charge is -2.07. The van der Waals surface area contributed by atoms with E-state index in [1.54, 1.807) is 12.1 Å². The summed E-state index contributed by atoms with van der Waals surface area (Å²) in [6.07, 6.45) is 0. The van der Waals surface area contributed by atoms with Crippen molar-refractivity contribution in [1.29, 1.82) is 0 Å². The first kappa shape index (κ1) is 7.85. The number of benzene rings is 1. The van der Waals surface area contributed by atoms with Crippen LogP contribution in [0.15, 0.2) is 12.1 Å². The minimum absolute atomic E-state index is 0.505. The molecule has 0 heterocycles. The van der Waals surface area contributed by atoms with Crippen molar-refractivity contribution in [3.63, 3.8) is 0 Å². The van der Waals surface area contributed by atoms with Gasteiger partial charge in [-0.3, -0.25) is 0 Å². The van der Waals surface area contributed by atoms with E-state index >= 15 is 0 Å². The van der Waals surface area contributed by atoms with Crippen LogP contribution < -0.4 is 22.7 Å². The largest absolute Gasteiger partial charge is 0.399 e. The Bertz CT molecular complexity index is 252. The van der Waals surface area contributed by atoms with Gasteiger partial charge in [0.15, 0.2) is 0 Å². The fraction of sp³-hybridized carbons (Fsp3) is 0.